The number of hydrogen-bond donors (Lipinski definition) is 2. The molecule has 5 rings (SSSR count). The van der Waals surface area contributed by atoms with Crippen LogP contribution in [0.4, 0.5) is 5.69 Å². The van der Waals surface area contributed by atoms with E-state index in [1.807, 2.05) is 0 Å². The first-order chi connectivity index (χ1) is 16.5. The van der Waals surface area contributed by atoms with E-state index in [2.05, 4.69) is 15.6 Å². The van der Waals surface area contributed by atoms with Gasteiger partial charge in [-0.25, -0.2) is 4.98 Å². The zero-order valence-electron chi connectivity index (χ0n) is 19.0. The molecule has 2 N–H and O–H groups in total. The first-order valence-corrected chi connectivity index (χ1v) is 12.6. The number of ether oxygens (including phenoxy) is 2. The number of carbonyl (C=O) groups is 3. The maximum Gasteiger partial charge on any atom is 0.275 e. The Bertz CT molecular complexity index is 1070. The normalized spacial score (nSPS) is 24.2. The summed E-state index contributed by atoms with van der Waals surface area (Å²) >= 11 is 1.34. The quantitative estimate of drug-likeness (QED) is 0.653. The molecule has 1 saturated carbocycles. The van der Waals surface area contributed by atoms with Crippen molar-refractivity contribution in [1.82, 2.24) is 15.2 Å². The lowest BCUT2D eigenvalue weighted by atomic mass is 9.94. The number of anilines is 1. The van der Waals surface area contributed by atoms with Crippen molar-refractivity contribution in [3.05, 3.63) is 40.3 Å². The Hall–Kier alpha value is -2.98. The van der Waals surface area contributed by atoms with Gasteiger partial charge in [-0.15, -0.1) is 11.3 Å². The summed E-state index contributed by atoms with van der Waals surface area (Å²) in [7, 11) is 1.77. The monoisotopic (exact) mass is 484 g/mol. The van der Waals surface area contributed by atoms with Gasteiger partial charge in [0, 0.05) is 24.7 Å². The smallest absolute Gasteiger partial charge is 0.275 e. The van der Waals surface area contributed by atoms with Gasteiger partial charge in [-0.05, 0) is 49.8 Å². The minimum atomic E-state index is -0.332. The third kappa shape index (κ3) is 5.07. The summed E-state index contributed by atoms with van der Waals surface area (Å²) in [5, 5.41) is 7.44. The van der Waals surface area contributed by atoms with Gasteiger partial charge < -0.3 is 25.0 Å². The molecule has 3 atom stereocenters. The predicted octanol–water partition coefficient (Wildman–Crippen LogP) is 2.69. The largest absolute Gasteiger partial charge is 0.490 e. The number of benzene rings is 1. The fraction of sp³-hybridized carbons (Fsp3) is 0.500. The first-order valence-electron chi connectivity index (χ1n) is 11.6. The summed E-state index contributed by atoms with van der Waals surface area (Å²) in [6.07, 6.45) is 3.65. The van der Waals surface area contributed by atoms with Crippen LogP contribution in [-0.2, 0) is 9.53 Å². The van der Waals surface area contributed by atoms with Crippen molar-refractivity contribution in [2.24, 2.45) is 5.92 Å². The van der Waals surface area contributed by atoms with Gasteiger partial charge in [-0.3, -0.25) is 14.4 Å². The lowest BCUT2D eigenvalue weighted by molar-refractivity contribution is -0.134. The van der Waals surface area contributed by atoms with E-state index in [4.69, 9.17) is 9.47 Å². The van der Waals surface area contributed by atoms with Crippen molar-refractivity contribution >= 4 is 34.7 Å². The third-order valence-corrected chi connectivity index (χ3v) is 7.22. The minimum Gasteiger partial charge on any atom is -0.490 e. The highest BCUT2D eigenvalue weighted by molar-refractivity contribution is 7.07. The van der Waals surface area contributed by atoms with Crippen LogP contribution < -0.4 is 15.4 Å². The molecular weight excluding hydrogens is 456 g/mol. The van der Waals surface area contributed by atoms with Crippen LogP contribution in [0, 0.1) is 5.92 Å². The Morgan fingerprint density at radius 2 is 2.09 bits per heavy atom. The van der Waals surface area contributed by atoms with Gasteiger partial charge in [-0.1, -0.05) is 0 Å². The average molecular weight is 485 g/mol. The molecule has 0 spiro atoms. The van der Waals surface area contributed by atoms with Crippen LogP contribution in [0.1, 0.15) is 53.0 Å². The number of amides is 3. The SMILES string of the molecule is CN1C(=O)c2cc(NC(=O)c3cscn3)ccc2OC[C@@H]2O[C@H](CC(=O)NCC3CC3)CC[C@@H]21. The van der Waals surface area contributed by atoms with Crippen molar-refractivity contribution in [1.29, 1.82) is 0 Å². The Morgan fingerprint density at radius 1 is 1.24 bits per heavy atom. The average Bonchev–Trinajstić information content (AvgIpc) is 3.50. The maximum atomic E-state index is 13.3. The number of aromatic nitrogens is 1. The molecule has 1 aromatic carbocycles. The zero-order valence-corrected chi connectivity index (χ0v) is 19.8. The summed E-state index contributed by atoms with van der Waals surface area (Å²) < 4.78 is 12.2. The van der Waals surface area contributed by atoms with Gasteiger partial charge in [-0.2, -0.15) is 0 Å². The van der Waals surface area contributed by atoms with Crippen LogP contribution in [0.2, 0.25) is 0 Å². The summed E-state index contributed by atoms with van der Waals surface area (Å²) in [4.78, 5) is 43.7. The zero-order chi connectivity index (χ0) is 23.7. The fourth-order valence-corrected chi connectivity index (χ4v) is 5.02. The van der Waals surface area contributed by atoms with Gasteiger partial charge in [0.15, 0.2) is 0 Å². The van der Waals surface area contributed by atoms with Crippen molar-refractivity contribution in [2.75, 3.05) is 25.5 Å². The number of carbonyl (C=O) groups excluding carboxylic acids is 3. The number of fused-ring (bicyclic) bond motifs is 2. The van der Waals surface area contributed by atoms with Crippen LogP contribution >= 0.6 is 11.3 Å². The maximum absolute atomic E-state index is 13.3. The van der Waals surface area contributed by atoms with Crippen molar-refractivity contribution < 1.29 is 23.9 Å². The fourth-order valence-electron chi connectivity index (χ4n) is 4.48. The van der Waals surface area contributed by atoms with Crippen LogP contribution in [-0.4, -0.2) is 66.1 Å². The second-order valence-electron chi connectivity index (χ2n) is 9.16. The highest BCUT2D eigenvalue weighted by Crippen LogP contribution is 2.33. The summed E-state index contributed by atoms with van der Waals surface area (Å²) in [6, 6.07) is 4.86. The van der Waals surface area contributed by atoms with Crippen LogP contribution in [0.5, 0.6) is 5.75 Å². The summed E-state index contributed by atoms with van der Waals surface area (Å²) in [5.41, 5.74) is 2.81. The molecule has 180 valence electrons. The minimum absolute atomic E-state index is 0.0177. The Morgan fingerprint density at radius 3 is 2.85 bits per heavy atom. The van der Waals surface area contributed by atoms with Gasteiger partial charge in [0.25, 0.3) is 11.8 Å². The molecule has 34 heavy (non-hydrogen) atoms. The standard InChI is InChI=1S/C24H28N4O5S/c1-28-19-6-5-16(9-22(29)25-10-14-2-3-14)33-21(19)11-32-20-7-4-15(8-17(20)24(28)31)27-23(30)18-12-34-13-26-18/h4,7-8,12-14,16,19,21H,2-3,5-6,9-11H2,1H3,(H,25,29)(H,27,30)/t16-,19-,21-/m0/s1. The van der Waals surface area contributed by atoms with Gasteiger partial charge in [0.05, 0.1) is 29.6 Å². The molecule has 1 aliphatic carbocycles. The topological polar surface area (TPSA) is 110 Å². The van der Waals surface area contributed by atoms with Crippen LogP contribution in [0.3, 0.4) is 0 Å². The van der Waals surface area contributed by atoms with Crippen LogP contribution in [0.15, 0.2) is 29.1 Å². The Balaban J connectivity index is 1.25. The summed E-state index contributed by atoms with van der Waals surface area (Å²) in [6.45, 7) is 1.03. The molecule has 1 saturated heterocycles. The van der Waals surface area contributed by atoms with Crippen molar-refractivity contribution in [3.8, 4) is 5.75 Å². The van der Waals surface area contributed by atoms with E-state index in [1.54, 1.807) is 41.0 Å². The number of thiazole rings is 1. The lowest BCUT2D eigenvalue weighted by Gasteiger charge is -2.42. The van der Waals surface area contributed by atoms with Gasteiger partial charge >= 0.3 is 0 Å². The molecule has 10 heteroatoms. The second-order valence-corrected chi connectivity index (χ2v) is 9.88. The second kappa shape index (κ2) is 9.71. The number of nitrogens with one attached hydrogen (secondary N) is 2. The van der Waals surface area contributed by atoms with E-state index in [0.717, 1.165) is 13.0 Å². The Kier molecular flexibility index (Phi) is 6.51. The molecule has 3 aliphatic rings. The highest BCUT2D eigenvalue weighted by atomic mass is 32.1. The molecule has 3 amide bonds. The summed E-state index contributed by atoms with van der Waals surface area (Å²) in [5.74, 6) is 0.569. The molecule has 0 radical (unpaired) electrons. The highest BCUT2D eigenvalue weighted by Gasteiger charge is 2.39. The van der Waals surface area contributed by atoms with Crippen molar-refractivity contribution in [2.45, 2.75) is 50.4 Å². The molecule has 0 unspecified atom stereocenters. The van der Waals surface area contributed by atoms with E-state index in [0.29, 0.717) is 41.5 Å². The predicted molar refractivity (Wildman–Crippen MR) is 126 cm³/mol. The molecule has 3 heterocycles. The number of rotatable bonds is 6. The first kappa shape index (κ1) is 22.8. The molecule has 2 aromatic rings. The van der Waals surface area contributed by atoms with Crippen molar-refractivity contribution in [3.63, 3.8) is 0 Å². The molecule has 1 aromatic heterocycles. The number of nitrogens with zero attached hydrogens (tertiary/aromatic N) is 2. The number of hydrogen-bond acceptors (Lipinski definition) is 7. The molecule has 2 fully saturated rings. The van der Waals surface area contributed by atoms with Gasteiger partial charge in [0.1, 0.15) is 24.2 Å². The molecule has 2 aliphatic heterocycles. The van der Waals surface area contributed by atoms with Gasteiger partial charge in [0.2, 0.25) is 5.91 Å². The lowest BCUT2D eigenvalue weighted by Crippen LogP contribution is -2.54. The molecule has 0 bridgehead atoms. The van der Waals surface area contributed by atoms with E-state index in [9.17, 15) is 14.4 Å². The molecule has 9 nitrogen and oxygen atoms in total. The Labute approximate surface area is 201 Å². The third-order valence-electron chi connectivity index (χ3n) is 6.63. The van der Waals surface area contributed by atoms with E-state index >= 15 is 0 Å². The van der Waals surface area contributed by atoms with Crippen LogP contribution in [0.25, 0.3) is 0 Å². The van der Waals surface area contributed by atoms with E-state index in [-0.39, 0.29) is 42.6 Å². The van der Waals surface area contributed by atoms with E-state index < -0.39 is 0 Å². The number of likely N-dealkylation sites (N-methyl/N-ethyl adjacent to an activating group) is 1. The molecular formula is C24H28N4O5S. The van der Waals surface area contributed by atoms with E-state index in [1.165, 1.54) is 24.2 Å².